The summed E-state index contributed by atoms with van der Waals surface area (Å²) in [6.07, 6.45) is -0.375. The summed E-state index contributed by atoms with van der Waals surface area (Å²) in [5.41, 5.74) is 0.0724. The van der Waals surface area contributed by atoms with Gasteiger partial charge in [-0.2, -0.15) is 0 Å². The number of anilines is 1. The van der Waals surface area contributed by atoms with Gasteiger partial charge in [-0.15, -0.1) is 10.2 Å². The Morgan fingerprint density at radius 2 is 1.96 bits per heavy atom. The molecular weight excluding hydrogens is 356 g/mol. The van der Waals surface area contributed by atoms with Crippen LogP contribution < -0.4 is 16.0 Å². The van der Waals surface area contributed by atoms with E-state index in [0.717, 1.165) is 11.8 Å². The van der Waals surface area contributed by atoms with Crippen molar-refractivity contribution in [2.75, 3.05) is 11.1 Å². The van der Waals surface area contributed by atoms with Crippen LogP contribution in [-0.2, 0) is 16.0 Å². The predicted octanol–water partition coefficient (Wildman–Crippen LogP) is 0.232. The first-order chi connectivity index (χ1) is 11.4. The number of aromatic nitrogens is 3. The van der Waals surface area contributed by atoms with Gasteiger partial charge in [0.25, 0.3) is 5.56 Å². The number of aliphatic carboxylic acids is 1. The molecule has 2 aromatic rings. The lowest BCUT2D eigenvalue weighted by Gasteiger charge is -2.05. The van der Waals surface area contributed by atoms with Crippen molar-refractivity contribution >= 4 is 40.9 Å². The van der Waals surface area contributed by atoms with Crippen LogP contribution in [0.1, 0.15) is 12.1 Å². The molecule has 0 fully saturated rings. The lowest BCUT2D eigenvalue weighted by Crippen LogP contribution is -2.25. The van der Waals surface area contributed by atoms with E-state index in [4.69, 9.17) is 11.6 Å². The number of carbonyl (C=O) groups is 2. The highest BCUT2D eigenvalue weighted by Crippen LogP contribution is 2.15. The van der Waals surface area contributed by atoms with Gasteiger partial charge in [-0.1, -0.05) is 23.4 Å². The summed E-state index contributed by atoms with van der Waals surface area (Å²) in [6.45, 7) is 0. The molecule has 10 heteroatoms. The van der Waals surface area contributed by atoms with Gasteiger partial charge in [-0.05, 0) is 30.7 Å². The average Bonchev–Trinajstić information content (AvgIpc) is 2.54. The van der Waals surface area contributed by atoms with E-state index in [-0.39, 0.29) is 35.4 Å². The molecule has 1 aromatic carbocycles. The zero-order chi connectivity index (χ0) is 17.5. The molecule has 0 saturated carbocycles. The first kappa shape index (κ1) is 18.0. The van der Waals surface area contributed by atoms with Crippen molar-refractivity contribution in [1.82, 2.24) is 15.2 Å². The molecule has 0 atom stereocenters. The summed E-state index contributed by atoms with van der Waals surface area (Å²) in [7, 11) is 0. The van der Waals surface area contributed by atoms with Gasteiger partial charge in [-0.25, -0.2) is 0 Å². The molecule has 0 aliphatic carbocycles. The Kier molecular flexibility index (Phi) is 6.33. The van der Waals surface area contributed by atoms with Crippen LogP contribution in [0.2, 0.25) is 5.02 Å². The molecule has 0 bridgehead atoms. The lowest BCUT2D eigenvalue weighted by atomic mass is 10.2. The minimum Gasteiger partial charge on any atom is -0.550 e. The van der Waals surface area contributed by atoms with E-state index in [0.29, 0.717) is 10.7 Å². The van der Waals surface area contributed by atoms with Gasteiger partial charge in [0.15, 0.2) is 5.16 Å². The lowest BCUT2D eigenvalue weighted by molar-refractivity contribution is -0.305. The van der Waals surface area contributed by atoms with Gasteiger partial charge in [0.1, 0.15) is 5.69 Å². The fourth-order valence-electron chi connectivity index (χ4n) is 1.66. The van der Waals surface area contributed by atoms with Crippen molar-refractivity contribution in [2.45, 2.75) is 18.0 Å². The van der Waals surface area contributed by atoms with Crippen LogP contribution in [0.25, 0.3) is 0 Å². The zero-order valence-electron chi connectivity index (χ0n) is 12.2. The number of carbonyl (C=O) groups excluding carboxylic acids is 2. The summed E-state index contributed by atoms with van der Waals surface area (Å²) < 4.78 is 0. The van der Waals surface area contributed by atoms with Gasteiger partial charge >= 0.3 is 0 Å². The topological polar surface area (TPSA) is 128 Å². The molecule has 1 amide bonds. The molecule has 8 nitrogen and oxygen atoms in total. The highest BCUT2D eigenvalue weighted by Gasteiger charge is 2.08. The molecule has 0 saturated heterocycles. The standard InChI is InChI=1S/C14H13ClN4O4S/c15-8-1-3-9(4-2-8)16-11(20)7-24-14-17-13(23)10(18-19-14)5-6-12(21)22/h1-4H,5-7H2,(H,16,20)(H,21,22)(H,17,19,23)/p-1. The van der Waals surface area contributed by atoms with Crippen LogP contribution >= 0.6 is 23.4 Å². The van der Waals surface area contributed by atoms with Gasteiger partial charge in [0.05, 0.1) is 5.75 Å². The predicted molar refractivity (Wildman–Crippen MR) is 86.8 cm³/mol. The first-order valence-electron chi connectivity index (χ1n) is 6.78. The number of H-pyrrole nitrogens is 1. The van der Waals surface area contributed by atoms with Crippen LogP contribution in [0.4, 0.5) is 5.69 Å². The third-order valence-corrected chi connectivity index (χ3v) is 3.89. The number of amides is 1. The van der Waals surface area contributed by atoms with Crippen LogP contribution in [-0.4, -0.2) is 32.8 Å². The van der Waals surface area contributed by atoms with Crippen molar-refractivity contribution in [3.63, 3.8) is 0 Å². The Balaban J connectivity index is 1.88. The van der Waals surface area contributed by atoms with Crippen LogP contribution in [0.5, 0.6) is 0 Å². The van der Waals surface area contributed by atoms with E-state index in [9.17, 15) is 19.5 Å². The molecule has 126 valence electrons. The summed E-state index contributed by atoms with van der Waals surface area (Å²) in [5.74, 6) is -1.54. The second-order valence-electron chi connectivity index (χ2n) is 4.62. The van der Waals surface area contributed by atoms with Crippen LogP contribution in [0.15, 0.2) is 34.2 Å². The Morgan fingerprint density at radius 1 is 1.25 bits per heavy atom. The number of aromatic amines is 1. The molecule has 2 rings (SSSR count). The zero-order valence-corrected chi connectivity index (χ0v) is 13.8. The molecular formula is C14H12ClN4O4S-. The minimum absolute atomic E-state index is 0.00849. The van der Waals surface area contributed by atoms with Crippen LogP contribution in [0.3, 0.4) is 0 Å². The summed E-state index contributed by atoms with van der Waals surface area (Å²) in [5, 5.41) is 21.2. The number of thioether (sulfide) groups is 1. The molecule has 0 aliphatic heterocycles. The molecule has 0 unspecified atom stereocenters. The number of nitrogens with zero attached hydrogens (tertiary/aromatic N) is 2. The number of rotatable bonds is 7. The molecule has 24 heavy (non-hydrogen) atoms. The SMILES string of the molecule is O=C([O-])CCc1nnc(SCC(=O)Nc2ccc(Cl)cc2)[nH]c1=O. The Bertz CT molecular complexity index is 794. The molecule has 2 N–H and O–H groups in total. The number of benzene rings is 1. The van der Waals surface area contributed by atoms with E-state index >= 15 is 0 Å². The Labute approximate surface area is 145 Å². The fourth-order valence-corrected chi connectivity index (χ4v) is 2.39. The number of hydrogen-bond acceptors (Lipinski definition) is 7. The van der Waals surface area contributed by atoms with Crippen molar-refractivity contribution in [1.29, 1.82) is 0 Å². The number of carboxylic acids is 1. The van der Waals surface area contributed by atoms with Gasteiger partial charge in [0, 0.05) is 23.1 Å². The Hall–Kier alpha value is -2.39. The van der Waals surface area contributed by atoms with E-state index < -0.39 is 11.5 Å². The van der Waals surface area contributed by atoms with Gasteiger partial charge in [-0.3, -0.25) is 14.6 Å². The highest BCUT2D eigenvalue weighted by atomic mass is 35.5. The monoisotopic (exact) mass is 367 g/mol. The maximum Gasteiger partial charge on any atom is 0.273 e. The van der Waals surface area contributed by atoms with Gasteiger partial charge in [0.2, 0.25) is 5.91 Å². The van der Waals surface area contributed by atoms with E-state index in [1.54, 1.807) is 24.3 Å². The summed E-state index contributed by atoms with van der Waals surface area (Å²) in [4.78, 5) is 36.4. The summed E-state index contributed by atoms with van der Waals surface area (Å²) in [6, 6.07) is 6.63. The van der Waals surface area contributed by atoms with E-state index in [1.807, 2.05) is 0 Å². The van der Waals surface area contributed by atoms with Crippen LogP contribution in [0, 0.1) is 0 Å². The third kappa shape index (κ3) is 5.67. The normalized spacial score (nSPS) is 10.4. The number of halogens is 1. The molecule has 0 aliphatic rings. The highest BCUT2D eigenvalue weighted by molar-refractivity contribution is 7.99. The number of aryl methyl sites for hydroxylation is 1. The maximum absolute atomic E-state index is 11.8. The smallest absolute Gasteiger partial charge is 0.273 e. The van der Waals surface area contributed by atoms with Crippen molar-refractivity contribution in [2.24, 2.45) is 0 Å². The molecule has 1 heterocycles. The largest absolute Gasteiger partial charge is 0.550 e. The minimum atomic E-state index is -1.27. The number of hydrogen-bond donors (Lipinski definition) is 2. The number of carboxylic acid groups (broad SMARTS) is 1. The summed E-state index contributed by atoms with van der Waals surface area (Å²) >= 11 is 6.76. The first-order valence-corrected chi connectivity index (χ1v) is 8.14. The van der Waals surface area contributed by atoms with E-state index in [2.05, 4.69) is 20.5 Å². The average molecular weight is 368 g/mol. The van der Waals surface area contributed by atoms with Gasteiger partial charge < -0.3 is 15.2 Å². The second kappa shape index (κ2) is 8.46. The third-order valence-electron chi connectivity index (χ3n) is 2.78. The van der Waals surface area contributed by atoms with Crippen molar-refractivity contribution in [3.8, 4) is 0 Å². The van der Waals surface area contributed by atoms with Crippen molar-refractivity contribution in [3.05, 3.63) is 45.3 Å². The fraction of sp³-hybridized carbons (Fsp3) is 0.214. The second-order valence-corrected chi connectivity index (χ2v) is 6.02. The molecule has 0 radical (unpaired) electrons. The quantitative estimate of drug-likeness (QED) is 0.670. The maximum atomic E-state index is 11.8. The molecule has 0 spiro atoms. The van der Waals surface area contributed by atoms with E-state index in [1.165, 1.54) is 0 Å². The molecule has 1 aromatic heterocycles. The van der Waals surface area contributed by atoms with Crippen molar-refractivity contribution < 1.29 is 14.7 Å². The number of nitrogens with one attached hydrogen (secondary N) is 2. The Morgan fingerprint density at radius 3 is 2.58 bits per heavy atom.